The highest BCUT2D eigenvalue weighted by Crippen LogP contribution is 2.14. The maximum atomic E-state index is 12.2. The van der Waals surface area contributed by atoms with Crippen molar-refractivity contribution in [1.82, 2.24) is 0 Å². The van der Waals surface area contributed by atoms with E-state index in [1.807, 2.05) is 0 Å². The van der Waals surface area contributed by atoms with Crippen molar-refractivity contribution in [2.45, 2.75) is 161 Å². The van der Waals surface area contributed by atoms with Crippen LogP contribution in [0.15, 0.2) is 0 Å². The van der Waals surface area contributed by atoms with Gasteiger partial charge in [-0.2, -0.15) is 0 Å². The first-order valence-corrected chi connectivity index (χ1v) is 16.4. The van der Waals surface area contributed by atoms with Crippen molar-refractivity contribution in [2.75, 3.05) is 19.8 Å². The number of hydrogen-bond donors (Lipinski definition) is 1. The Hall–Kier alpha value is -1.04. The SMILES string of the molecule is CCCCCCCCCCCCCCCC(=O)O[C@@H](COP=O)COC(=O)CCCCCCCCCCN. The second kappa shape index (κ2) is 30.5. The van der Waals surface area contributed by atoms with Crippen molar-refractivity contribution < 1.29 is 28.2 Å². The predicted molar refractivity (Wildman–Crippen MR) is 155 cm³/mol. The third kappa shape index (κ3) is 28.0. The van der Waals surface area contributed by atoms with Gasteiger partial charge in [-0.1, -0.05) is 122 Å². The summed E-state index contributed by atoms with van der Waals surface area (Å²) in [7, 11) is -0.487. The molecular weight excluding hydrogens is 501 g/mol. The molecule has 0 aliphatic heterocycles. The lowest BCUT2D eigenvalue weighted by Gasteiger charge is -2.16. The van der Waals surface area contributed by atoms with Crippen LogP contribution in [0.5, 0.6) is 0 Å². The van der Waals surface area contributed by atoms with Gasteiger partial charge in [0.25, 0.3) is 0 Å². The lowest BCUT2D eigenvalue weighted by molar-refractivity contribution is -0.160. The largest absolute Gasteiger partial charge is 0.462 e. The van der Waals surface area contributed by atoms with Gasteiger partial charge in [-0.15, -0.1) is 0 Å². The van der Waals surface area contributed by atoms with Gasteiger partial charge in [-0.25, -0.2) is 4.57 Å². The molecule has 38 heavy (non-hydrogen) atoms. The van der Waals surface area contributed by atoms with E-state index < -0.39 is 14.8 Å². The molecule has 0 heterocycles. The molecule has 0 unspecified atom stereocenters. The summed E-state index contributed by atoms with van der Waals surface area (Å²) < 4.78 is 26.2. The predicted octanol–water partition coefficient (Wildman–Crippen LogP) is 8.62. The van der Waals surface area contributed by atoms with Gasteiger partial charge in [0, 0.05) is 12.8 Å². The van der Waals surface area contributed by atoms with Crippen LogP contribution in [0.4, 0.5) is 0 Å². The van der Waals surface area contributed by atoms with Crippen molar-refractivity contribution >= 4 is 20.6 Å². The van der Waals surface area contributed by atoms with E-state index in [0.29, 0.717) is 12.8 Å². The van der Waals surface area contributed by atoms with Crippen LogP contribution in [0.1, 0.15) is 155 Å². The van der Waals surface area contributed by atoms with Crippen LogP contribution in [0.25, 0.3) is 0 Å². The van der Waals surface area contributed by atoms with Gasteiger partial charge in [0.05, 0.1) is 0 Å². The molecule has 0 amide bonds. The van der Waals surface area contributed by atoms with Crippen LogP contribution >= 0.6 is 8.69 Å². The number of carbonyl (C=O) groups is 2. The summed E-state index contributed by atoms with van der Waals surface area (Å²) in [5.74, 6) is -0.628. The average molecular weight is 560 g/mol. The van der Waals surface area contributed by atoms with Gasteiger partial charge in [-0.3, -0.25) is 14.1 Å². The van der Waals surface area contributed by atoms with Crippen molar-refractivity contribution in [2.24, 2.45) is 5.73 Å². The maximum Gasteiger partial charge on any atom is 0.327 e. The molecule has 0 fully saturated rings. The van der Waals surface area contributed by atoms with E-state index in [1.165, 1.54) is 89.9 Å². The van der Waals surface area contributed by atoms with Gasteiger partial charge in [0.1, 0.15) is 13.2 Å². The Bertz CT molecular complexity index is 549. The molecule has 1 atom stereocenters. The summed E-state index contributed by atoms with van der Waals surface area (Å²) in [6.07, 6.45) is 25.0. The molecular formula is C30H58NO6P. The van der Waals surface area contributed by atoms with Crippen LogP contribution in [0.2, 0.25) is 0 Å². The van der Waals surface area contributed by atoms with E-state index in [1.54, 1.807) is 0 Å². The first kappa shape index (κ1) is 37.0. The molecule has 0 aromatic carbocycles. The van der Waals surface area contributed by atoms with E-state index in [0.717, 1.165) is 51.5 Å². The third-order valence-corrected chi connectivity index (χ3v) is 7.12. The first-order chi connectivity index (χ1) is 18.6. The quantitative estimate of drug-likeness (QED) is 0.0533. The van der Waals surface area contributed by atoms with Gasteiger partial charge in [0.15, 0.2) is 6.10 Å². The van der Waals surface area contributed by atoms with Crippen molar-refractivity contribution in [1.29, 1.82) is 0 Å². The highest BCUT2D eigenvalue weighted by Gasteiger charge is 2.17. The zero-order chi connectivity index (χ0) is 27.9. The molecule has 224 valence electrons. The topological polar surface area (TPSA) is 105 Å². The Kier molecular flexibility index (Phi) is 29.7. The Labute approximate surface area is 235 Å². The van der Waals surface area contributed by atoms with Crippen molar-refractivity contribution in [3.8, 4) is 0 Å². The molecule has 0 rings (SSSR count). The standard InChI is InChI=1S/C30H58NO6P/c1-2-3-4-5-6-7-8-9-10-11-15-18-21-24-30(33)37-28(27-36-38-34)26-35-29(32)23-20-17-14-12-13-16-19-22-25-31/h28H,2-27,31H2,1H3/t28-/m1/s1. The van der Waals surface area contributed by atoms with Crippen LogP contribution in [-0.2, 0) is 28.2 Å². The summed E-state index contributed by atoms with van der Waals surface area (Å²) in [6, 6.07) is 0. The normalized spacial score (nSPS) is 12.1. The molecule has 0 bridgehead atoms. The second-order valence-corrected chi connectivity index (χ2v) is 10.9. The number of esters is 2. The molecule has 0 aromatic rings. The molecule has 0 spiro atoms. The summed E-state index contributed by atoms with van der Waals surface area (Å²) in [4.78, 5) is 24.3. The monoisotopic (exact) mass is 559 g/mol. The Morgan fingerprint density at radius 3 is 1.47 bits per heavy atom. The number of hydrogen-bond acceptors (Lipinski definition) is 7. The summed E-state index contributed by atoms with van der Waals surface area (Å²) in [5, 5.41) is 0. The van der Waals surface area contributed by atoms with Gasteiger partial charge in [0.2, 0.25) is 0 Å². The van der Waals surface area contributed by atoms with Gasteiger partial charge < -0.3 is 15.2 Å². The average Bonchev–Trinajstić information content (AvgIpc) is 2.91. The molecule has 0 radical (unpaired) electrons. The molecule has 0 saturated heterocycles. The Balaban J connectivity index is 3.78. The zero-order valence-corrected chi connectivity index (χ0v) is 25.3. The van der Waals surface area contributed by atoms with Crippen molar-refractivity contribution in [3.05, 3.63) is 0 Å². The second-order valence-electron chi connectivity index (χ2n) is 10.5. The minimum absolute atomic E-state index is 0.0627. The number of nitrogens with two attached hydrogens (primary N) is 1. The summed E-state index contributed by atoms with van der Waals surface area (Å²) in [5.41, 5.74) is 5.50. The van der Waals surface area contributed by atoms with Gasteiger partial charge >= 0.3 is 20.6 Å². The van der Waals surface area contributed by atoms with Crippen LogP contribution in [0.3, 0.4) is 0 Å². The van der Waals surface area contributed by atoms with E-state index in [2.05, 4.69) is 6.92 Å². The molecule has 0 aliphatic carbocycles. The fourth-order valence-corrected chi connectivity index (χ4v) is 4.72. The van der Waals surface area contributed by atoms with Crippen LogP contribution < -0.4 is 5.73 Å². The van der Waals surface area contributed by atoms with E-state index >= 15 is 0 Å². The number of carbonyl (C=O) groups excluding carboxylic acids is 2. The smallest absolute Gasteiger partial charge is 0.327 e. The Morgan fingerprint density at radius 2 is 1.03 bits per heavy atom. The fourth-order valence-electron chi connectivity index (χ4n) is 4.49. The minimum atomic E-state index is -0.733. The minimum Gasteiger partial charge on any atom is -0.462 e. The highest BCUT2D eigenvalue weighted by atomic mass is 31.1. The van der Waals surface area contributed by atoms with Gasteiger partial charge in [-0.05, 0) is 25.8 Å². The third-order valence-electron chi connectivity index (χ3n) is 6.86. The Morgan fingerprint density at radius 1 is 0.605 bits per heavy atom. The number of unbranched alkanes of at least 4 members (excludes halogenated alkanes) is 19. The lowest BCUT2D eigenvalue weighted by atomic mass is 10.0. The fraction of sp³-hybridized carbons (Fsp3) is 0.933. The first-order valence-electron chi connectivity index (χ1n) is 15.6. The highest BCUT2D eigenvalue weighted by molar-refractivity contribution is 7.17. The lowest BCUT2D eigenvalue weighted by Crippen LogP contribution is -2.28. The maximum absolute atomic E-state index is 12.2. The molecule has 0 aliphatic rings. The molecule has 2 N–H and O–H groups in total. The van der Waals surface area contributed by atoms with E-state index in [-0.39, 0.29) is 25.2 Å². The molecule has 0 aromatic heterocycles. The van der Waals surface area contributed by atoms with E-state index in [4.69, 9.17) is 19.7 Å². The number of ether oxygens (including phenoxy) is 2. The van der Waals surface area contributed by atoms with Crippen LogP contribution in [0, 0.1) is 0 Å². The molecule has 0 saturated carbocycles. The summed E-state index contributed by atoms with van der Waals surface area (Å²) in [6.45, 7) is 2.89. The zero-order valence-electron chi connectivity index (χ0n) is 24.4. The molecule has 7 nitrogen and oxygen atoms in total. The molecule has 8 heteroatoms. The van der Waals surface area contributed by atoms with Crippen molar-refractivity contribution in [3.63, 3.8) is 0 Å². The summed E-state index contributed by atoms with van der Waals surface area (Å²) >= 11 is 0. The van der Waals surface area contributed by atoms with Crippen LogP contribution in [-0.4, -0.2) is 37.8 Å². The number of rotatable bonds is 30. The van der Waals surface area contributed by atoms with E-state index in [9.17, 15) is 14.2 Å².